The van der Waals surface area contributed by atoms with E-state index in [0.29, 0.717) is 6.54 Å². The van der Waals surface area contributed by atoms with Gasteiger partial charge in [-0.2, -0.15) is 0 Å². The van der Waals surface area contributed by atoms with Crippen LogP contribution in [0.2, 0.25) is 0 Å². The van der Waals surface area contributed by atoms with Crippen molar-refractivity contribution in [1.82, 2.24) is 5.32 Å². The van der Waals surface area contributed by atoms with Gasteiger partial charge in [-0.1, -0.05) is 18.2 Å². The van der Waals surface area contributed by atoms with E-state index in [1.54, 1.807) is 6.08 Å². The highest BCUT2D eigenvalue weighted by Gasteiger charge is 2.11. The number of benzene rings is 2. The molecule has 0 aliphatic carbocycles. The minimum Gasteiger partial charge on any atom is -0.493 e. The highest BCUT2D eigenvalue weighted by atomic mass is 16.5. The number of anilines is 1. The third-order valence-corrected chi connectivity index (χ3v) is 4.06. The molecule has 1 aliphatic heterocycles. The molecule has 1 heterocycles. The first-order valence-corrected chi connectivity index (χ1v) is 8.10. The summed E-state index contributed by atoms with van der Waals surface area (Å²) >= 11 is 0. The first-order chi connectivity index (χ1) is 11.6. The monoisotopic (exact) mass is 322 g/mol. The zero-order valence-electron chi connectivity index (χ0n) is 14.1. The van der Waals surface area contributed by atoms with Crippen molar-refractivity contribution in [2.45, 2.75) is 13.0 Å². The van der Waals surface area contributed by atoms with Gasteiger partial charge in [0.05, 0.1) is 6.61 Å². The van der Waals surface area contributed by atoms with E-state index in [0.717, 1.165) is 35.6 Å². The Kier molecular flexibility index (Phi) is 4.85. The van der Waals surface area contributed by atoms with Gasteiger partial charge in [-0.05, 0) is 47.0 Å². The molecule has 1 aliphatic rings. The molecule has 0 bridgehead atoms. The lowest BCUT2D eigenvalue weighted by atomic mass is 10.1. The fourth-order valence-electron chi connectivity index (χ4n) is 2.64. The molecule has 124 valence electrons. The van der Waals surface area contributed by atoms with Gasteiger partial charge in [-0.25, -0.2) is 0 Å². The average Bonchev–Trinajstić information content (AvgIpc) is 3.06. The molecule has 0 spiro atoms. The topological polar surface area (TPSA) is 41.6 Å². The van der Waals surface area contributed by atoms with Crippen molar-refractivity contribution in [1.29, 1.82) is 0 Å². The maximum atomic E-state index is 12.0. The fourth-order valence-corrected chi connectivity index (χ4v) is 2.64. The number of amides is 1. The van der Waals surface area contributed by atoms with E-state index in [1.807, 2.05) is 61.5 Å². The summed E-state index contributed by atoms with van der Waals surface area (Å²) < 4.78 is 5.48. The van der Waals surface area contributed by atoms with Crippen LogP contribution in [0.3, 0.4) is 0 Å². The van der Waals surface area contributed by atoms with Gasteiger partial charge in [0.1, 0.15) is 5.75 Å². The zero-order chi connectivity index (χ0) is 16.9. The van der Waals surface area contributed by atoms with Gasteiger partial charge in [0.2, 0.25) is 5.91 Å². The van der Waals surface area contributed by atoms with Crippen molar-refractivity contribution < 1.29 is 9.53 Å². The molecule has 0 atom stereocenters. The molecule has 4 heteroatoms. The molecular weight excluding hydrogens is 300 g/mol. The van der Waals surface area contributed by atoms with Crippen molar-refractivity contribution in [3.8, 4) is 5.75 Å². The SMILES string of the molecule is CN(C)c1ccc(CNC(=O)/C=C/c2ccc3c(c2)CCO3)cc1. The Hall–Kier alpha value is -2.75. The summed E-state index contributed by atoms with van der Waals surface area (Å²) in [6.45, 7) is 1.27. The largest absolute Gasteiger partial charge is 0.493 e. The van der Waals surface area contributed by atoms with Crippen molar-refractivity contribution in [2.24, 2.45) is 0 Å². The van der Waals surface area contributed by atoms with Crippen LogP contribution in [0.1, 0.15) is 16.7 Å². The second kappa shape index (κ2) is 7.21. The van der Waals surface area contributed by atoms with Gasteiger partial charge < -0.3 is 15.0 Å². The lowest BCUT2D eigenvalue weighted by Gasteiger charge is -2.12. The van der Waals surface area contributed by atoms with Crippen LogP contribution in [0.15, 0.2) is 48.5 Å². The molecule has 0 radical (unpaired) electrons. The summed E-state index contributed by atoms with van der Waals surface area (Å²) in [5.74, 6) is 0.862. The summed E-state index contributed by atoms with van der Waals surface area (Å²) in [6.07, 6.45) is 4.35. The number of hydrogen-bond donors (Lipinski definition) is 1. The predicted molar refractivity (Wildman–Crippen MR) is 97.3 cm³/mol. The van der Waals surface area contributed by atoms with Gasteiger partial charge in [-0.15, -0.1) is 0 Å². The van der Waals surface area contributed by atoms with Crippen LogP contribution in [0.25, 0.3) is 6.08 Å². The van der Waals surface area contributed by atoms with E-state index in [-0.39, 0.29) is 5.91 Å². The molecule has 2 aromatic carbocycles. The minimum atomic E-state index is -0.0940. The summed E-state index contributed by atoms with van der Waals surface area (Å²) in [4.78, 5) is 14.0. The number of hydrogen-bond acceptors (Lipinski definition) is 3. The number of carbonyl (C=O) groups is 1. The van der Waals surface area contributed by atoms with E-state index in [2.05, 4.69) is 11.4 Å². The van der Waals surface area contributed by atoms with Gasteiger partial charge in [-0.3, -0.25) is 4.79 Å². The molecule has 1 amide bonds. The molecule has 24 heavy (non-hydrogen) atoms. The fraction of sp³-hybridized carbons (Fsp3) is 0.250. The maximum absolute atomic E-state index is 12.0. The quantitative estimate of drug-likeness (QED) is 0.861. The van der Waals surface area contributed by atoms with Crippen LogP contribution in [0, 0.1) is 0 Å². The minimum absolute atomic E-state index is 0.0940. The Bertz CT molecular complexity index is 749. The zero-order valence-corrected chi connectivity index (χ0v) is 14.1. The number of fused-ring (bicyclic) bond motifs is 1. The molecule has 0 aromatic heterocycles. The normalized spacial score (nSPS) is 12.8. The number of carbonyl (C=O) groups excluding carboxylic acids is 1. The molecule has 0 saturated heterocycles. The molecule has 2 aromatic rings. The molecule has 0 fully saturated rings. The van der Waals surface area contributed by atoms with Crippen LogP contribution in [-0.4, -0.2) is 26.6 Å². The van der Waals surface area contributed by atoms with Gasteiger partial charge >= 0.3 is 0 Å². The summed E-state index contributed by atoms with van der Waals surface area (Å²) in [7, 11) is 4.01. The van der Waals surface area contributed by atoms with E-state index in [4.69, 9.17) is 4.74 Å². The Morgan fingerprint density at radius 3 is 2.75 bits per heavy atom. The molecular formula is C20H22N2O2. The standard InChI is InChI=1S/C20H22N2O2/c1-22(2)18-7-3-16(4-8-18)14-21-20(23)10-6-15-5-9-19-17(13-15)11-12-24-19/h3-10,13H,11-12,14H2,1-2H3,(H,21,23)/b10-6+. The molecule has 1 N–H and O–H groups in total. The summed E-state index contributed by atoms with van der Waals surface area (Å²) in [5, 5.41) is 2.91. The van der Waals surface area contributed by atoms with E-state index >= 15 is 0 Å². The maximum Gasteiger partial charge on any atom is 0.244 e. The Morgan fingerprint density at radius 1 is 1.21 bits per heavy atom. The van der Waals surface area contributed by atoms with E-state index in [9.17, 15) is 4.79 Å². The Morgan fingerprint density at radius 2 is 2.00 bits per heavy atom. The number of ether oxygens (including phenoxy) is 1. The van der Waals surface area contributed by atoms with Gasteiger partial charge in [0, 0.05) is 38.8 Å². The highest BCUT2D eigenvalue weighted by Crippen LogP contribution is 2.26. The number of nitrogens with zero attached hydrogens (tertiary/aromatic N) is 1. The molecule has 3 rings (SSSR count). The lowest BCUT2D eigenvalue weighted by Crippen LogP contribution is -2.20. The van der Waals surface area contributed by atoms with Crippen molar-refractivity contribution in [3.05, 3.63) is 65.2 Å². The molecule has 0 unspecified atom stereocenters. The van der Waals surface area contributed by atoms with Crippen molar-refractivity contribution in [3.63, 3.8) is 0 Å². The van der Waals surface area contributed by atoms with Crippen LogP contribution in [0.4, 0.5) is 5.69 Å². The number of nitrogens with one attached hydrogen (secondary N) is 1. The van der Waals surface area contributed by atoms with Crippen LogP contribution in [0.5, 0.6) is 5.75 Å². The van der Waals surface area contributed by atoms with Crippen molar-refractivity contribution >= 4 is 17.7 Å². The Labute approximate surface area is 142 Å². The first-order valence-electron chi connectivity index (χ1n) is 8.10. The van der Waals surface area contributed by atoms with E-state index in [1.165, 1.54) is 5.56 Å². The Balaban J connectivity index is 1.53. The van der Waals surface area contributed by atoms with Gasteiger partial charge in [0.25, 0.3) is 0 Å². The van der Waals surface area contributed by atoms with Crippen LogP contribution < -0.4 is 15.0 Å². The summed E-state index contributed by atoms with van der Waals surface area (Å²) in [5.41, 5.74) is 4.45. The van der Waals surface area contributed by atoms with Crippen molar-refractivity contribution in [2.75, 3.05) is 25.6 Å². The molecule has 0 saturated carbocycles. The third kappa shape index (κ3) is 3.96. The molecule has 4 nitrogen and oxygen atoms in total. The lowest BCUT2D eigenvalue weighted by molar-refractivity contribution is -0.116. The van der Waals surface area contributed by atoms with Crippen LogP contribution >= 0.6 is 0 Å². The number of rotatable bonds is 5. The summed E-state index contributed by atoms with van der Waals surface area (Å²) in [6, 6.07) is 14.2. The second-order valence-corrected chi connectivity index (χ2v) is 6.08. The highest BCUT2D eigenvalue weighted by molar-refractivity contribution is 5.91. The average molecular weight is 322 g/mol. The van der Waals surface area contributed by atoms with Gasteiger partial charge in [0.15, 0.2) is 0 Å². The third-order valence-electron chi connectivity index (χ3n) is 4.06. The second-order valence-electron chi connectivity index (χ2n) is 6.08. The first kappa shape index (κ1) is 16.1. The predicted octanol–water partition coefficient (Wildman–Crippen LogP) is 3.02. The van der Waals surface area contributed by atoms with Crippen LogP contribution in [-0.2, 0) is 17.8 Å². The van der Waals surface area contributed by atoms with E-state index < -0.39 is 0 Å². The smallest absolute Gasteiger partial charge is 0.244 e.